The van der Waals surface area contributed by atoms with Crippen LogP contribution in [0.2, 0.25) is 0 Å². The molecule has 2 heteroatoms. The van der Waals surface area contributed by atoms with Gasteiger partial charge in [-0.15, -0.1) is 0 Å². The standard InChI is InChI=1S/C20H41N.ClH/c1-3-5-7-8-9-10-11-12-13-14-17-21-18-16-20(19-21)15-6-4-2;/h20H,3-19H2,1-2H3;1H. The summed E-state index contributed by atoms with van der Waals surface area (Å²) in [4.78, 5) is 1.91. The molecule has 0 amide bonds. The Hall–Kier alpha value is 0.250. The van der Waals surface area contributed by atoms with Crippen LogP contribution in [-0.4, -0.2) is 19.6 Å². The average molecular weight is 332 g/mol. The second-order valence-corrected chi connectivity index (χ2v) is 7.43. The van der Waals surface area contributed by atoms with Gasteiger partial charge in [0, 0.05) is 12.3 Å². The van der Waals surface area contributed by atoms with Crippen LogP contribution in [0.25, 0.3) is 0 Å². The third-order valence-electron chi connectivity index (χ3n) is 5.33. The molecule has 0 radical (unpaired) electrons. The summed E-state index contributed by atoms with van der Waals surface area (Å²) in [5.74, 6) is 1.06. The van der Waals surface area contributed by atoms with E-state index in [4.69, 9.17) is 0 Å². The lowest BCUT2D eigenvalue weighted by atomic mass is 10.0. The van der Waals surface area contributed by atoms with E-state index in [1.54, 1.807) is 0 Å². The average Bonchev–Trinajstić information content (AvgIpc) is 2.95. The third kappa shape index (κ3) is 11.8. The molecule has 134 valence electrons. The van der Waals surface area contributed by atoms with Gasteiger partial charge in [-0.1, -0.05) is 78.1 Å². The Morgan fingerprint density at radius 1 is 0.727 bits per heavy atom. The molecular weight excluding hydrogens is 290 g/mol. The molecule has 0 aliphatic carbocycles. The van der Waals surface area contributed by atoms with Crippen LogP contribution >= 0.6 is 0 Å². The number of quaternary nitrogens is 1. The van der Waals surface area contributed by atoms with E-state index < -0.39 is 0 Å². The van der Waals surface area contributed by atoms with Gasteiger partial charge in [0.15, 0.2) is 0 Å². The summed E-state index contributed by atoms with van der Waals surface area (Å²) < 4.78 is 0. The van der Waals surface area contributed by atoms with Crippen molar-refractivity contribution in [1.82, 2.24) is 0 Å². The van der Waals surface area contributed by atoms with Crippen molar-refractivity contribution in [2.45, 2.75) is 104 Å². The fourth-order valence-electron chi connectivity index (χ4n) is 3.85. The highest BCUT2D eigenvalue weighted by atomic mass is 35.5. The molecule has 0 spiro atoms. The van der Waals surface area contributed by atoms with Gasteiger partial charge in [0.05, 0.1) is 19.6 Å². The number of hydrogen-bond donors (Lipinski definition) is 1. The van der Waals surface area contributed by atoms with Crippen molar-refractivity contribution in [2.24, 2.45) is 5.92 Å². The van der Waals surface area contributed by atoms with Gasteiger partial charge in [0.25, 0.3) is 0 Å². The van der Waals surface area contributed by atoms with Gasteiger partial charge in [0.2, 0.25) is 0 Å². The molecule has 1 saturated heterocycles. The molecule has 22 heavy (non-hydrogen) atoms. The van der Waals surface area contributed by atoms with Crippen LogP contribution < -0.4 is 17.3 Å². The maximum atomic E-state index is 2.32. The zero-order valence-electron chi connectivity index (χ0n) is 15.5. The van der Waals surface area contributed by atoms with Gasteiger partial charge in [-0.05, 0) is 19.3 Å². The molecule has 1 nitrogen and oxygen atoms in total. The van der Waals surface area contributed by atoms with Crippen molar-refractivity contribution in [3.63, 3.8) is 0 Å². The Labute approximate surface area is 147 Å². The molecular formula is C20H42ClN. The summed E-state index contributed by atoms with van der Waals surface area (Å²) in [5.41, 5.74) is 0. The van der Waals surface area contributed by atoms with Gasteiger partial charge >= 0.3 is 0 Å². The molecule has 0 aromatic carbocycles. The van der Waals surface area contributed by atoms with E-state index in [0.29, 0.717) is 0 Å². The lowest BCUT2D eigenvalue weighted by Gasteiger charge is -2.13. The molecule has 1 N–H and O–H groups in total. The number of rotatable bonds is 14. The van der Waals surface area contributed by atoms with Crippen molar-refractivity contribution < 1.29 is 17.3 Å². The Bertz CT molecular complexity index is 220. The minimum absolute atomic E-state index is 0. The molecule has 1 heterocycles. The summed E-state index contributed by atoms with van der Waals surface area (Å²) in [5, 5.41) is 0. The van der Waals surface area contributed by atoms with Crippen molar-refractivity contribution in [2.75, 3.05) is 19.6 Å². The van der Waals surface area contributed by atoms with Crippen LogP contribution in [0.1, 0.15) is 104 Å². The monoisotopic (exact) mass is 331 g/mol. The molecule has 1 rings (SSSR count). The summed E-state index contributed by atoms with van der Waals surface area (Å²) in [6.45, 7) is 9.03. The third-order valence-corrected chi connectivity index (χ3v) is 5.33. The van der Waals surface area contributed by atoms with E-state index in [1.807, 2.05) is 4.90 Å². The lowest BCUT2D eigenvalue weighted by molar-refractivity contribution is -0.889. The Kier molecular flexibility index (Phi) is 16.3. The van der Waals surface area contributed by atoms with Gasteiger partial charge in [-0.3, -0.25) is 0 Å². The molecule has 1 aliphatic rings. The largest absolute Gasteiger partial charge is 1.00 e. The van der Waals surface area contributed by atoms with E-state index in [-0.39, 0.29) is 12.4 Å². The summed E-state index contributed by atoms with van der Waals surface area (Å²) >= 11 is 0. The highest BCUT2D eigenvalue weighted by Gasteiger charge is 2.24. The number of likely N-dealkylation sites (tertiary alicyclic amines) is 1. The molecule has 0 aromatic heterocycles. The normalized spacial score (nSPS) is 21.0. The number of halogens is 1. The second kappa shape index (κ2) is 16.1. The Morgan fingerprint density at radius 3 is 1.86 bits per heavy atom. The van der Waals surface area contributed by atoms with Crippen molar-refractivity contribution >= 4 is 0 Å². The Morgan fingerprint density at radius 2 is 1.27 bits per heavy atom. The first kappa shape index (κ1) is 22.2. The first-order valence-corrected chi connectivity index (χ1v) is 10.2. The summed E-state index contributed by atoms with van der Waals surface area (Å²) in [6.07, 6.45) is 20.5. The maximum absolute atomic E-state index is 2.32. The van der Waals surface area contributed by atoms with E-state index in [1.165, 1.54) is 110 Å². The van der Waals surface area contributed by atoms with Crippen LogP contribution in [0.15, 0.2) is 0 Å². The fourth-order valence-corrected chi connectivity index (χ4v) is 3.85. The van der Waals surface area contributed by atoms with Crippen LogP contribution in [0.4, 0.5) is 0 Å². The molecule has 0 bridgehead atoms. The number of hydrogen-bond acceptors (Lipinski definition) is 0. The first-order chi connectivity index (χ1) is 10.4. The van der Waals surface area contributed by atoms with E-state index in [0.717, 1.165) is 5.92 Å². The number of nitrogens with one attached hydrogen (secondary N) is 1. The van der Waals surface area contributed by atoms with E-state index in [9.17, 15) is 0 Å². The summed E-state index contributed by atoms with van der Waals surface area (Å²) in [7, 11) is 0. The van der Waals surface area contributed by atoms with Crippen molar-refractivity contribution in [1.29, 1.82) is 0 Å². The fraction of sp³-hybridized carbons (Fsp3) is 1.00. The first-order valence-electron chi connectivity index (χ1n) is 10.2. The van der Waals surface area contributed by atoms with Gasteiger partial charge < -0.3 is 17.3 Å². The van der Waals surface area contributed by atoms with E-state index >= 15 is 0 Å². The number of unbranched alkanes of at least 4 members (excludes halogenated alkanes) is 10. The van der Waals surface area contributed by atoms with Crippen LogP contribution in [0.3, 0.4) is 0 Å². The molecule has 0 aromatic rings. The predicted octanol–water partition coefficient (Wildman–Crippen LogP) is 2.01. The maximum Gasteiger partial charge on any atom is 0.0801 e. The minimum atomic E-state index is 0. The molecule has 0 saturated carbocycles. The minimum Gasteiger partial charge on any atom is -1.00 e. The molecule has 1 fully saturated rings. The lowest BCUT2D eigenvalue weighted by Crippen LogP contribution is -3.10. The molecule has 2 atom stereocenters. The van der Waals surface area contributed by atoms with Crippen LogP contribution in [0.5, 0.6) is 0 Å². The van der Waals surface area contributed by atoms with Crippen molar-refractivity contribution in [3.05, 3.63) is 0 Å². The topological polar surface area (TPSA) is 4.44 Å². The van der Waals surface area contributed by atoms with Crippen LogP contribution in [-0.2, 0) is 0 Å². The zero-order chi connectivity index (χ0) is 15.2. The Balaban J connectivity index is 0.00000441. The predicted molar refractivity (Wildman–Crippen MR) is 95.0 cm³/mol. The summed E-state index contributed by atoms with van der Waals surface area (Å²) in [6, 6.07) is 0. The SMILES string of the molecule is CCCCCCCCCCCC[NH+]1CCC(CCCC)C1.[Cl-]. The van der Waals surface area contributed by atoms with Gasteiger partial charge in [-0.2, -0.15) is 0 Å². The smallest absolute Gasteiger partial charge is 0.0801 e. The van der Waals surface area contributed by atoms with Crippen LogP contribution in [0, 0.1) is 5.92 Å². The highest BCUT2D eigenvalue weighted by Crippen LogP contribution is 2.13. The highest BCUT2D eigenvalue weighted by molar-refractivity contribution is 4.62. The zero-order valence-corrected chi connectivity index (χ0v) is 16.2. The van der Waals surface area contributed by atoms with E-state index in [2.05, 4.69) is 13.8 Å². The quantitative estimate of drug-likeness (QED) is 0.464. The van der Waals surface area contributed by atoms with Gasteiger partial charge in [0.1, 0.15) is 0 Å². The molecule has 2 unspecified atom stereocenters. The second-order valence-electron chi connectivity index (χ2n) is 7.43. The van der Waals surface area contributed by atoms with Gasteiger partial charge in [-0.25, -0.2) is 0 Å². The molecule has 1 aliphatic heterocycles. The van der Waals surface area contributed by atoms with Crippen molar-refractivity contribution in [3.8, 4) is 0 Å².